The summed E-state index contributed by atoms with van der Waals surface area (Å²) in [7, 11) is 0. The van der Waals surface area contributed by atoms with Crippen LogP contribution >= 0.6 is 15.9 Å². The van der Waals surface area contributed by atoms with Gasteiger partial charge in [0.2, 0.25) is 0 Å². The minimum atomic E-state index is -1.06. The van der Waals surface area contributed by atoms with Crippen LogP contribution in [0.3, 0.4) is 0 Å². The van der Waals surface area contributed by atoms with E-state index in [1.807, 2.05) is 18.2 Å². The summed E-state index contributed by atoms with van der Waals surface area (Å²) in [6.45, 7) is 0. The van der Waals surface area contributed by atoms with Crippen LogP contribution in [0, 0.1) is 0 Å². The van der Waals surface area contributed by atoms with Gasteiger partial charge in [0.15, 0.2) is 0 Å². The van der Waals surface area contributed by atoms with Gasteiger partial charge in [0.25, 0.3) is 11.8 Å². The monoisotopic (exact) mass is 464 g/mol. The highest BCUT2D eigenvalue weighted by Gasteiger charge is 2.15. The second-order valence-corrected chi connectivity index (χ2v) is 7.18. The van der Waals surface area contributed by atoms with E-state index in [0.717, 1.165) is 10.0 Å². The molecule has 3 rings (SSSR count). The van der Waals surface area contributed by atoms with Gasteiger partial charge < -0.3 is 15.7 Å². The molecule has 0 bridgehead atoms. The quantitative estimate of drug-likeness (QED) is 0.466. The first-order valence-electron chi connectivity index (χ1n) is 8.91. The molecule has 7 heteroatoms. The predicted molar refractivity (Wildman–Crippen MR) is 118 cm³/mol. The van der Waals surface area contributed by atoms with Crippen LogP contribution in [0.25, 0.3) is 6.08 Å². The number of hydrogen-bond donors (Lipinski definition) is 3. The van der Waals surface area contributed by atoms with Gasteiger partial charge in [-0.05, 0) is 60.2 Å². The number of halogens is 1. The van der Waals surface area contributed by atoms with Crippen molar-refractivity contribution in [1.82, 2.24) is 5.32 Å². The van der Waals surface area contributed by atoms with Crippen molar-refractivity contribution >= 4 is 45.5 Å². The van der Waals surface area contributed by atoms with E-state index in [4.69, 9.17) is 5.11 Å². The van der Waals surface area contributed by atoms with Crippen LogP contribution in [-0.4, -0.2) is 22.9 Å². The number of benzene rings is 3. The number of carboxylic acids is 1. The number of carbonyl (C=O) groups excluding carboxylic acids is 2. The fourth-order valence-corrected chi connectivity index (χ4v) is 2.83. The SMILES string of the molecule is O=C(Nc1ccc(C(=O)O)cc1)C(=Cc1ccccc1)NC(=O)c1ccc(Br)cc1. The Morgan fingerprint density at radius 2 is 1.40 bits per heavy atom. The lowest BCUT2D eigenvalue weighted by Crippen LogP contribution is -2.30. The summed E-state index contributed by atoms with van der Waals surface area (Å²) < 4.78 is 0.835. The van der Waals surface area contributed by atoms with Crippen LogP contribution in [0.15, 0.2) is 89.0 Å². The van der Waals surface area contributed by atoms with Crippen molar-refractivity contribution in [3.05, 3.63) is 106 Å². The largest absolute Gasteiger partial charge is 0.478 e. The first kappa shape index (κ1) is 21.0. The van der Waals surface area contributed by atoms with Gasteiger partial charge in [0, 0.05) is 15.7 Å². The predicted octanol–water partition coefficient (Wildman–Crippen LogP) is 4.56. The lowest BCUT2D eigenvalue weighted by atomic mass is 10.1. The molecule has 0 aromatic heterocycles. The first-order chi connectivity index (χ1) is 14.4. The molecule has 0 saturated carbocycles. The summed E-state index contributed by atoms with van der Waals surface area (Å²) in [5.74, 6) is -2.02. The summed E-state index contributed by atoms with van der Waals surface area (Å²) in [5.41, 5.74) is 1.70. The molecule has 30 heavy (non-hydrogen) atoms. The lowest BCUT2D eigenvalue weighted by molar-refractivity contribution is -0.113. The molecule has 0 atom stereocenters. The number of carbonyl (C=O) groups is 3. The molecule has 0 fully saturated rings. The molecule has 0 spiro atoms. The molecule has 3 N–H and O–H groups in total. The molecule has 3 aromatic carbocycles. The maximum Gasteiger partial charge on any atom is 0.335 e. The number of aromatic carboxylic acids is 1. The van der Waals surface area contributed by atoms with Crippen molar-refractivity contribution in [1.29, 1.82) is 0 Å². The van der Waals surface area contributed by atoms with Crippen LogP contribution in [0.1, 0.15) is 26.3 Å². The molecule has 0 heterocycles. The highest BCUT2D eigenvalue weighted by molar-refractivity contribution is 9.10. The van der Waals surface area contributed by atoms with Crippen molar-refractivity contribution in [2.75, 3.05) is 5.32 Å². The molecule has 150 valence electrons. The van der Waals surface area contributed by atoms with Crippen molar-refractivity contribution < 1.29 is 19.5 Å². The summed E-state index contributed by atoms with van der Waals surface area (Å²) >= 11 is 3.32. The molecule has 0 aliphatic carbocycles. The number of hydrogen-bond acceptors (Lipinski definition) is 3. The molecule has 0 saturated heterocycles. The Hall–Kier alpha value is -3.71. The molecule has 0 unspecified atom stereocenters. The molecule has 3 aromatic rings. The summed E-state index contributed by atoms with van der Waals surface area (Å²) in [6, 6.07) is 21.6. The highest BCUT2D eigenvalue weighted by Crippen LogP contribution is 2.14. The minimum Gasteiger partial charge on any atom is -0.478 e. The van der Waals surface area contributed by atoms with Crippen molar-refractivity contribution in [3.8, 4) is 0 Å². The van der Waals surface area contributed by atoms with Crippen LogP contribution in [0.4, 0.5) is 5.69 Å². The maximum atomic E-state index is 12.8. The second-order valence-electron chi connectivity index (χ2n) is 6.27. The smallest absolute Gasteiger partial charge is 0.335 e. The summed E-state index contributed by atoms with van der Waals surface area (Å²) in [4.78, 5) is 36.4. The van der Waals surface area contributed by atoms with Gasteiger partial charge in [-0.2, -0.15) is 0 Å². The van der Waals surface area contributed by atoms with Gasteiger partial charge in [0.1, 0.15) is 5.70 Å². The van der Waals surface area contributed by atoms with Gasteiger partial charge in [-0.3, -0.25) is 9.59 Å². The maximum absolute atomic E-state index is 12.8. The molecule has 0 radical (unpaired) electrons. The number of carboxylic acid groups (broad SMARTS) is 1. The number of rotatable bonds is 6. The van der Waals surface area contributed by atoms with Crippen molar-refractivity contribution in [2.24, 2.45) is 0 Å². The zero-order valence-corrected chi connectivity index (χ0v) is 17.2. The fraction of sp³-hybridized carbons (Fsp3) is 0. The van der Waals surface area contributed by atoms with Gasteiger partial charge >= 0.3 is 5.97 Å². The third-order valence-electron chi connectivity index (χ3n) is 4.10. The Morgan fingerprint density at radius 3 is 2.00 bits per heavy atom. The fourth-order valence-electron chi connectivity index (χ4n) is 2.56. The molecule has 0 aliphatic heterocycles. The van der Waals surface area contributed by atoms with Gasteiger partial charge in [0.05, 0.1) is 5.56 Å². The average Bonchev–Trinajstić information content (AvgIpc) is 2.74. The van der Waals surface area contributed by atoms with Crippen LogP contribution < -0.4 is 10.6 Å². The molecule has 2 amide bonds. The van der Waals surface area contributed by atoms with E-state index in [-0.39, 0.29) is 11.3 Å². The topological polar surface area (TPSA) is 95.5 Å². The zero-order valence-electron chi connectivity index (χ0n) is 15.6. The first-order valence-corrected chi connectivity index (χ1v) is 9.70. The van der Waals surface area contributed by atoms with E-state index in [1.54, 1.807) is 42.5 Å². The molecule has 0 aliphatic rings. The van der Waals surface area contributed by atoms with Crippen LogP contribution in [0.5, 0.6) is 0 Å². The van der Waals surface area contributed by atoms with E-state index < -0.39 is 17.8 Å². The minimum absolute atomic E-state index is 0.0522. The third-order valence-corrected chi connectivity index (χ3v) is 4.63. The summed E-state index contributed by atoms with van der Waals surface area (Å²) in [6.07, 6.45) is 1.57. The molecular formula is C23H17BrN2O4. The van der Waals surface area contributed by atoms with Crippen molar-refractivity contribution in [2.45, 2.75) is 0 Å². The Bertz CT molecular complexity index is 1090. The average molecular weight is 465 g/mol. The Labute approximate surface area is 181 Å². The third kappa shape index (κ3) is 5.65. The number of amides is 2. The second kappa shape index (κ2) is 9.67. The van der Waals surface area contributed by atoms with Gasteiger partial charge in [-0.25, -0.2) is 4.79 Å². The molecule has 6 nitrogen and oxygen atoms in total. The van der Waals surface area contributed by atoms with Crippen molar-refractivity contribution in [3.63, 3.8) is 0 Å². The van der Waals surface area contributed by atoms with Crippen LogP contribution in [-0.2, 0) is 4.79 Å². The Morgan fingerprint density at radius 1 is 0.800 bits per heavy atom. The van der Waals surface area contributed by atoms with Gasteiger partial charge in [-0.1, -0.05) is 46.3 Å². The van der Waals surface area contributed by atoms with E-state index in [0.29, 0.717) is 11.3 Å². The normalized spacial score (nSPS) is 10.9. The Kier molecular flexibility index (Phi) is 6.77. The Balaban J connectivity index is 1.84. The number of nitrogens with one attached hydrogen (secondary N) is 2. The molecular weight excluding hydrogens is 448 g/mol. The van der Waals surface area contributed by atoms with E-state index in [2.05, 4.69) is 26.6 Å². The lowest BCUT2D eigenvalue weighted by Gasteiger charge is -2.12. The van der Waals surface area contributed by atoms with Gasteiger partial charge in [-0.15, -0.1) is 0 Å². The van der Waals surface area contributed by atoms with E-state index in [1.165, 1.54) is 24.3 Å². The summed E-state index contributed by atoms with van der Waals surface area (Å²) in [5, 5.41) is 14.3. The number of anilines is 1. The van der Waals surface area contributed by atoms with E-state index >= 15 is 0 Å². The zero-order chi connectivity index (χ0) is 21.5. The standard InChI is InChI=1S/C23H17BrN2O4/c24-18-10-6-16(7-11-18)21(27)26-20(14-15-4-2-1-3-5-15)22(28)25-19-12-8-17(9-13-19)23(29)30/h1-14H,(H,25,28)(H,26,27)(H,29,30). The van der Waals surface area contributed by atoms with Crippen LogP contribution in [0.2, 0.25) is 0 Å². The highest BCUT2D eigenvalue weighted by atomic mass is 79.9. The van der Waals surface area contributed by atoms with E-state index in [9.17, 15) is 14.4 Å².